The number of fused-ring (bicyclic) bond motifs is 1. The fraction of sp³-hybridized carbons (Fsp3) is 0.0769. The summed E-state index contributed by atoms with van der Waals surface area (Å²) >= 11 is 6.26. The molecular weight excluding hydrogens is 234 g/mol. The van der Waals surface area contributed by atoms with E-state index in [1.807, 2.05) is 18.2 Å². The van der Waals surface area contributed by atoms with Gasteiger partial charge in [0.05, 0.1) is 16.9 Å². The second-order valence-corrected chi connectivity index (χ2v) is 4.16. The molecule has 1 aliphatic rings. The first-order valence-electron chi connectivity index (χ1n) is 5.35. The number of aromatic nitrogens is 2. The molecule has 1 aliphatic heterocycles. The molecule has 0 spiro atoms. The summed E-state index contributed by atoms with van der Waals surface area (Å²) in [7, 11) is 0. The SMILES string of the molecule is Clc1cccc2c1N(c1cnccn1)CC=C2. The van der Waals surface area contributed by atoms with Crippen LogP contribution in [0, 0.1) is 0 Å². The first kappa shape index (κ1) is 10.3. The van der Waals surface area contributed by atoms with Crippen LogP contribution in [0.3, 0.4) is 0 Å². The highest BCUT2D eigenvalue weighted by molar-refractivity contribution is 6.33. The average molecular weight is 244 g/mol. The number of anilines is 2. The Morgan fingerprint density at radius 3 is 3.00 bits per heavy atom. The van der Waals surface area contributed by atoms with Gasteiger partial charge >= 0.3 is 0 Å². The van der Waals surface area contributed by atoms with Crippen molar-refractivity contribution in [1.29, 1.82) is 0 Å². The predicted molar refractivity (Wildman–Crippen MR) is 69.5 cm³/mol. The maximum absolute atomic E-state index is 6.26. The van der Waals surface area contributed by atoms with E-state index in [4.69, 9.17) is 11.6 Å². The van der Waals surface area contributed by atoms with Crippen molar-refractivity contribution in [2.24, 2.45) is 0 Å². The maximum atomic E-state index is 6.26. The lowest BCUT2D eigenvalue weighted by atomic mass is 10.1. The number of hydrogen-bond donors (Lipinski definition) is 0. The van der Waals surface area contributed by atoms with Crippen molar-refractivity contribution < 1.29 is 0 Å². The highest BCUT2D eigenvalue weighted by Crippen LogP contribution is 2.36. The molecule has 1 aromatic heterocycles. The summed E-state index contributed by atoms with van der Waals surface area (Å²) in [5.74, 6) is 0.811. The fourth-order valence-corrected chi connectivity index (χ4v) is 2.25. The third kappa shape index (κ3) is 1.78. The van der Waals surface area contributed by atoms with Crippen molar-refractivity contribution in [3.8, 4) is 0 Å². The van der Waals surface area contributed by atoms with Gasteiger partial charge in [-0.05, 0) is 11.6 Å². The molecule has 3 nitrogen and oxygen atoms in total. The van der Waals surface area contributed by atoms with Crippen LogP contribution in [0.4, 0.5) is 11.5 Å². The van der Waals surface area contributed by atoms with Crippen molar-refractivity contribution in [2.75, 3.05) is 11.4 Å². The molecule has 0 saturated heterocycles. The van der Waals surface area contributed by atoms with Crippen LogP contribution < -0.4 is 4.90 Å². The van der Waals surface area contributed by atoms with E-state index in [0.29, 0.717) is 0 Å². The van der Waals surface area contributed by atoms with E-state index < -0.39 is 0 Å². The largest absolute Gasteiger partial charge is 0.319 e. The number of para-hydroxylation sites is 1. The molecule has 0 atom stereocenters. The van der Waals surface area contributed by atoms with Gasteiger partial charge in [-0.15, -0.1) is 0 Å². The highest BCUT2D eigenvalue weighted by atomic mass is 35.5. The van der Waals surface area contributed by atoms with Gasteiger partial charge < -0.3 is 4.90 Å². The molecule has 2 heterocycles. The van der Waals surface area contributed by atoms with E-state index in [2.05, 4.69) is 27.0 Å². The number of hydrogen-bond acceptors (Lipinski definition) is 3. The predicted octanol–water partition coefficient (Wildman–Crippen LogP) is 3.29. The van der Waals surface area contributed by atoms with Gasteiger partial charge in [-0.25, -0.2) is 4.98 Å². The zero-order valence-corrected chi connectivity index (χ0v) is 9.80. The molecule has 0 fully saturated rings. The Kier molecular flexibility index (Phi) is 2.53. The van der Waals surface area contributed by atoms with Gasteiger partial charge in [0.25, 0.3) is 0 Å². The molecule has 0 saturated carbocycles. The average Bonchev–Trinajstić information content (AvgIpc) is 2.39. The second kappa shape index (κ2) is 4.18. The summed E-state index contributed by atoms with van der Waals surface area (Å²) in [6.45, 7) is 0.759. The lowest BCUT2D eigenvalue weighted by Gasteiger charge is -2.27. The third-order valence-electron chi connectivity index (χ3n) is 2.70. The second-order valence-electron chi connectivity index (χ2n) is 3.75. The molecule has 17 heavy (non-hydrogen) atoms. The molecule has 0 bridgehead atoms. The third-order valence-corrected chi connectivity index (χ3v) is 3.00. The number of halogens is 1. The molecular formula is C13H10ClN3. The molecule has 0 unspecified atom stereocenters. The first-order chi connectivity index (χ1) is 8.36. The van der Waals surface area contributed by atoms with Gasteiger partial charge in [0.15, 0.2) is 5.82 Å². The monoisotopic (exact) mass is 243 g/mol. The summed E-state index contributed by atoms with van der Waals surface area (Å²) in [6.07, 6.45) is 9.26. The van der Waals surface area contributed by atoms with Gasteiger partial charge in [0.2, 0.25) is 0 Å². The van der Waals surface area contributed by atoms with E-state index in [-0.39, 0.29) is 0 Å². The number of rotatable bonds is 1. The summed E-state index contributed by atoms with van der Waals surface area (Å²) in [5.41, 5.74) is 2.10. The van der Waals surface area contributed by atoms with Crippen LogP contribution in [-0.2, 0) is 0 Å². The van der Waals surface area contributed by atoms with Crippen molar-refractivity contribution in [2.45, 2.75) is 0 Å². The van der Waals surface area contributed by atoms with Crippen molar-refractivity contribution in [3.05, 3.63) is 53.5 Å². The van der Waals surface area contributed by atoms with Gasteiger partial charge in [-0.3, -0.25) is 4.98 Å². The summed E-state index contributed by atoms with van der Waals surface area (Å²) in [4.78, 5) is 10.5. The molecule has 2 aromatic rings. The van der Waals surface area contributed by atoms with Crippen LogP contribution in [0.25, 0.3) is 6.08 Å². The molecule has 1 aromatic carbocycles. The smallest absolute Gasteiger partial charge is 0.151 e. The summed E-state index contributed by atoms with van der Waals surface area (Å²) < 4.78 is 0. The lowest BCUT2D eigenvalue weighted by molar-refractivity contribution is 1.02. The molecule has 4 heteroatoms. The van der Waals surface area contributed by atoms with Crippen LogP contribution in [-0.4, -0.2) is 16.5 Å². The lowest BCUT2D eigenvalue weighted by Crippen LogP contribution is -2.21. The number of nitrogens with zero attached hydrogens (tertiary/aromatic N) is 3. The minimum Gasteiger partial charge on any atom is -0.319 e. The Morgan fingerprint density at radius 2 is 2.18 bits per heavy atom. The Labute approximate surface area is 104 Å². The summed E-state index contributed by atoms with van der Waals surface area (Å²) in [5, 5.41) is 0.734. The highest BCUT2D eigenvalue weighted by Gasteiger charge is 2.18. The first-order valence-corrected chi connectivity index (χ1v) is 5.72. The minimum absolute atomic E-state index is 0.734. The Morgan fingerprint density at radius 1 is 1.24 bits per heavy atom. The van der Waals surface area contributed by atoms with Gasteiger partial charge in [-0.1, -0.05) is 35.9 Å². The van der Waals surface area contributed by atoms with Crippen LogP contribution in [0.5, 0.6) is 0 Å². The normalized spacial score (nSPS) is 13.6. The van der Waals surface area contributed by atoms with Crippen LogP contribution in [0.2, 0.25) is 5.02 Å². The van der Waals surface area contributed by atoms with E-state index in [0.717, 1.165) is 28.6 Å². The van der Waals surface area contributed by atoms with Crippen molar-refractivity contribution >= 4 is 29.2 Å². The van der Waals surface area contributed by atoms with Gasteiger partial charge in [0.1, 0.15) is 0 Å². The Bertz CT molecular complexity index is 566. The standard InChI is InChI=1S/C13H10ClN3/c14-11-5-1-3-10-4-2-8-17(13(10)11)12-9-15-6-7-16-12/h1-7,9H,8H2. The van der Waals surface area contributed by atoms with E-state index in [1.54, 1.807) is 18.6 Å². The molecule has 84 valence electrons. The Hall–Kier alpha value is -1.87. The number of benzene rings is 1. The van der Waals surface area contributed by atoms with Crippen molar-refractivity contribution in [1.82, 2.24) is 9.97 Å². The topological polar surface area (TPSA) is 29.0 Å². The fourth-order valence-electron chi connectivity index (χ4n) is 1.97. The molecule has 3 rings (SSSR count). The van der Waals surface area contributed by atoms with Crippen LogP contribution in [0.15, 0.2) is 42.9 Å². The molecule has 0 radical (unpaired) electrons. The van der Waals surface area contributed by atoms with E-state index in [9.17, 15) is 0 Å². The Balaban J connectivity index is 2.14. The maximum Gasteiger partial charge on any atom is 0.151 e. The quantitative estimate of drug-likeness (QED) is 0.770. The van der Waals surface area contributed by atoms with Crippen molar-refractivity contribution in [3.63, 3.8) is 0 Å². The molecule has 0 N–H and O–H groups in total. The molecule has 0 aliphatic carbocycles. The summed E-state index contributed by atoms with van der Waals surface area (Å²) in [6, 6.07) is 5.88. The van der Waals surface area contributed by atoms with Gasteiger partial charge in [0, 0.05) is 18.9 Å². The molecule has 0 amide bonds. The zero-order valence-electron chi connectivity index (χ0n) is 9.05. The zero-order chi connectivity index (χ0) is 11.7. The minimum atomic E-state index is 0.734. The van der Waals surface area contributed by atoms with E-state index in [1.165, 1.54) is 0 Å². The van der Waals surface area contributed by atoms with Crippen LogP contribution in [0.1, 0.15) is 5.56 Å². The van der Waals surface area contributed by atoms with Crippen LogP contribution >= 0.6 is 11.6 Å². The van der Waals surface area contributed by atoms with Gasteiger partial charge in [-0.2, -0.15) is 0 Å². The van der Waals surface area contributed by atoms with E-state index >= 15 is 0 Å².